The van der Waals surface area contributed by atoms with Crippen molar-refractivity contribution < 1.29 is 33.4 Å². The predicted molar refractivity (Wildman–Crippen MR) is 92.6 cm³/mol. The third-order valence-corrected chi connectivity index (χ3v) is 10.4. The van der Waals surface area contributed by atoms with Gasteiger partial charge in [-0.2, -0.15) is 0 Å². The molecule has 0 aromatic carbocycles. The van der Waals surface area contributed by atoms with E-state index in [0.29, 0.717) is 11.5 Å². The molecule has 0 spiro atoms. The Morgan fingerprint density at radius 2 is 1.24 bits per heavy atom. The summed E-state index contributed by atoms with van der Waals surface area (Å²) in [6.07, 6.45) is 6.98. The Balaban J connectivity index is 2.48. The van der Waals surface area contributed by atoms with Crippen LogP contribution in [-0.4, -0.2) is 0 Å². The maximum absolute atomic E-state index is 11.5. The summed E-state index contributed by atoms with van der Waals surface area (Å²) in [5.41, 5.74) is -0.871. The van der Waals surface area contributed by atoms with Crippen molar-refractivity contribution in [3.63, 3.8) is 0 Å². The van der Waals surface area contributed by atoms with Crippen LogP contribution in [0.5, 0.6) is 0 Å². The van der Waals surface area contributed by atoms with Crippen LogP contribution in [0.3, 0.4) is 0 Å². The second kappa shape index (κ2) is 9.66. The predicted octanol–water partition coefficient (Wildman–Crippen LogP) is 1.48. The average Bonchev–Trinajstić information content (AvgIpc) is 2.59. The van der Waals surface area contributed by atoms with E-state index in [9.17, 15) is 9.59 Å². The zero-order valence-electron chi connectivity index (χ0n) is 14.0. The van der Waals surface area contributed by atoms with E-state index in [4.69, 9.17) is 8.83 Å². The molecule has 0 N–H and O–H groups in total. The van der Waals surface area contributed by atoms with Gasteiger partial charge in [-0.05, 0) is 0 Å². The van der Waals surface area contributed by atoms with E-state index in [1.54, 1.807) is 36.4 Å². The molecule has 2 heterocycles. The Kier molecular flexibility index (Phi) is 7.25. The molecule has 0 amide bonds. The number of allylic oxidation sites excluding steroid dienone is 4. The van der Waals surface area contributed by atoms with E-state index in [-0.39, 0.29) is 0 Å². The first-order valence-electron chi connectivity index (χ1n) is 7.65. The van der Waals surface area contributed by atoms with Crippen LogP contribution in [0, 0.1) is 23.7 Å². The number of rotatable bonds is 2. The van der Waals surface area contributed by atoms with Crippen molar-refractivity contribution in [1.82, 2.24) is 0 Å². The average molecular weight is 519 g/mol. The topological polar surface area (TPSA) is 60.4 Å². The summed E-state index contributed by atoms with van der Waals surface area (Å²) in [5, 5.41) is 0. The Morgan fingerprint density at radius 3 is 1.64 bits per heavy atom. The van der Waals surface area contributed by atoms with Crippen LogP contribution in [-0.2, 0) is 24.6 Å². The van der Waals surface area contributed by atoms with Crippen LogP contribution >= 0.6 is 0 Å². The SMILES string of the molecule is C/C=C\C#Cc1oc(=O)cc[c]1[Hg][c]1ccc(=O)oc1C#C/C=C\C. The van der Waals surface area contributed by atoms with Crippen molar-refractivity contribution in [3.05, 3.63) is 80.9 Å². The van der Waals surface area contributed by atoms with E-state index in [1.807, 2.05) is 13.8 Å². The molecule has 25 heavy (non-hydrogen) atoms. The zero-order valence-corrected chi connectivity index (χ0v) is 19.5. The van der Waals surface area contributed by atoms with Gasteiger partial charge in [-0.15, -0.1) is 0 Å². The van der Waals surface area contributed by atoms with Gasteiger partial charge in [-0.1, -0.05) is 0 Å². The summed E-state index contributed by atoms with van der Waals surface area (Å²) >= 11 is -2.00. The fraction of sp³-hybridized carbons (Fsp3) is 0.100. The van der Waals surface area contributed by atoms with Crippen molar-refractivity contribution in [2.24, 2.45) is 0 Å². The van der Waals surface area contributed by atoms with Crippen LogP contribution in [0.2, 0.25) is 0 Å². The van der Waals surface area contributed by atoms with Gasteiger partial charge < -0.3 is 0 Å². The van der Waals surface area contributed by atoms with Crippen molar-refractivity contribution in [2.75, 3.05) is 0 Å². The minimum absolute atomic E-state index is 0.380. The van der Waals surface area contributed by atoms with Crippen molar-refractivity contribution in [1.29, 1.82) is 0 Å². The summed E-state index contributed by atoms with van der Waals surface area (Å²) < 4.78 is 12.3. The Morgan fingerprint density at radius 1 is 0.800 bits per heavy atom. The molecular weight excluding hydrogens is 505 g/mol. The van der Waals surface area contributed by atoms with Crippen LogP contribution in [0.15, 0.2) is 67.0 Å². The van der Waals surface area contributed by atoms with Gasteiger partial charge >= 0.3 is 158 Å². The first-order valence-corrected chi connectivity index (χ1v) is 13.1. The molecule has 0 bridgehead atoms. The molecule has 0 unspecified atom stereocenters. The standard InChI is InChI=1S/2C10H7O2.Hg/c2*1-2-3-4-6-9-7-5-8-10(11)12-9;/h2*2-3,5,8H,1H3;/b2*3-2-;. The van der Waals surface area contributed by atoms with Gasteiger partial charge in [0.1, 0.15) is 0 Å². The molecule has 0 aliphatic heterocycles. The molecule has 0 atom stereocenters. The molecule has 0 radical (unpaired) electrons. The van der Waals surface area contributed by atoms with Crippen LogP contribution in [0.4, 0.5) is 0 Å². The second-order valence-electron chi connectivity index (χ2n) is 4.93. The summed E-state index contributed by atoms with van der Waals surface area (Å²) in [7, 11) is 0. The van der Waals surface area contributed by atoms with Gasteiger partial charge in [0.15, 0.2) is 0 Å². The van der Waals surface area contributed by atoms with Crippen LogP contribution < -0.4 is 17.4 Å². The van der Waals surface area contributed by atoms with Gasteiger partial charge in [0, 0.05) is 0 Å². The molecule has 2 rings (SSSR count). The second-order valence-corrected chi connectivity index (χ2v) is 12.2. The summed E-state index contributed by atoms with van der Waals surface area (Å²) in [6.45, 7) is 3.72. The Hall–Kier alpha value is -2.56. The molecule has 0 fully saturated rings. The third kappa shape index (κ3) is 5.78. The molecule has 0 saturated carbocycles. The molecule has 0 saturated heterocycles. The molecule has 120 valence electrons. The molecule has 0 aliphatic carbocycles. The number of hydrogen-bond acceptors (Lipinski definition) is 4. The minimum atomic E-state index is -2.00. The molecule has 5 heteroatoms. The van der Waals surface area contributed by atoms with Crippen molar-refractivity contribution in [2.45, 2.75) is 13.8 Å². The quantitative estimate of drug-likeness (QED) is 0.446. The van der Waals surface area contributed by atoms with Gasteiger partial charge in [0.2, 0.25) is 0 Å². The van der Waals surface area contributed by atoms with Gasteiger partial charge in [0.05, 0.1) is 0 Å². The van der Waals surface area contributed by atoms with E-state index in [1.165, 1.54) is 12.1 Å². The Labute approximate surface area is 157 Å². The molecular formula is C20H14HgO4. The van der Waals surface area contributed by atoms with E-state index < -0.39 is 35.8 Å². The Bertz CT molecular complexity index is 962. The van der Waals surface area contributed by atoms with Crippen LogP contribution in [0.1, 0.15) is 25.4 Å². The molecule has 2 aromatic rings. The van der Waals surface area contributed by atoms with E-state index in [2.05, 4.69) is 23.7 Å². The molecule has 4 nitrogen and oxygen atoms in total. The number of hydrogen-bond donors (Lipinski definition) is 0. The van der Waals surface area contributed by atoms with E-state index in [0.717, 1.165) is 6.14 Å². The maximum atomic E-state index is 11.5. The third-order valence-electron chi connectivity index (χ3n) is 3.08. The fourth-order valence-electron chi connectivity index (χ4n) is 1.97. The summed E-state index contributed by atoms with van der Waals surface area (Å²) in [5.74, 6) is 12.2. The van der Waals surface area contributed by atoms with Crippen molar-refractivity contribution in [3.8, 4) is 23.7 Å². The van der Waals surface area contributed by atoms with E-state index >= 15 is 0 Å². The van der Waals surface area contributed by atoms with Crippen molar-refractivity contribution >= 4 is 6.14 Å². The first-order chi connectivity index (χ1) is 12.1. The van der Waals surface area contributed by atoms with Gasteiger partial charge in [-0.25, -0.2) is 0 Å². The van der Waals surface area contributed by atoms with Crippen LogP contribution in [0.25, 0.3) is 0 Å². The summed E-state index contributed by atoms with van der Waals surface area (Å²) in [6, 6.07) is 6.28. The molecule has 0 aliphatic rings. The van der Waals surface area contributed by atoms with Gasteiger partial charge in [0.25, 0.3) is 0 Å². The fourth-order valence-corrected chi connectivity index (χ4v) is 7.89. The monoisotopic (exact) mass is 520 g/mol. The normalized spacial score (nSPS) is 10.0. The first kappa shape index (κ1) is 18.8. The zero-order chi connectivity index (χ0) is 18.1. The summed E-state index contributed by atoms with van der Waals surface area (Å²) in [4.78, 5) is 23.0. The molecule has 2 aromatic heterocycles. The van der Waals surface area contributed by atoms with Gasteiger partial charge in [-0.3, -0.25) is 0 Å².